The molecule has 0 aromatic carbocycles. The average Bonchev–Trinajstić information content (AvgIpc) is 2.19. The summed E-state index contributed by atoms with van der Waals surface area (Å²) in [5.41, 5.74) is 0. The van der Waals surface area contributed by atoms with E-state index in [4.69, 9.17) is 0 Å². The molecule has 0 amide bonds. The van der Waals surface area contributed by atoms with Gasteiger partial charge in [-0.1, -0.05) is 33.6 Å². The third-order valence-corrected chi connectivity index (χ3v) is 3.89. The van der Waals surface area contributed by atoms with Crippen molar-refractivity contribution in [3.05, 3.63) is 0 Å². The van der Waals surface area contributed by atoms with E-state index in [0.29, 0.717) is 0 Å². The van der Waals surface area contributed by atoms with E-state index < -0.39 is 0 Å². The van der Waals surface area contributed by atoms with Gasteiger partial charge in [-0.15, -0.1) is 0 Å². The lowest BCUT2D eigenvalue weighted by atomic mass is 9.76. The molecule has 0 heterocycles. The van der Waals surface area contributed by atoms with E-state index in [0.717, 1.165) is 24.3 Å². The van der Waals surface area contributed by atoms with Crippen LogP contribution in [0.4, 0.5) is 0 Å². The van der Waals surface area contributed by atoms with Gasteiger partial charge in [0.25, 0.3) is 0 Å². The van der Waals surface area contributed by atoms with Crippen molar-refractivity contribution in [1.82, 2.24) is 5.32 Å². The zero-order valence-electron chi connectivity index (χ0n) is 10.2. The topological polar surface area (TPSA) is 12.0 Å². The number of hydrogen-bond acceptors (Lipinski definition) is 1. The summed E-state index contributed by atoms with van der Waals surface area (Å²) in [5, 5.41) is 3.43. The van der Waals surface area contributed by atoms with E-state index in [-0.39, 0.29) is 0 Å². The molecule has 0 aromatic rings. The van der Waals surface area contributed by atoms with Crippen LogP contribution in [0.25, 0.3) is 0 Å². The van der Waals surface area contributed by atoms with Crippen molar-refractivity contribution in [1.29, 1.82) is 0 Å². The summed E-state index contributed by atoms with van der Waals surface area (Å²) in [6, 6.07) is 0. The Hall–Kier alpha value is -0.0400. The zero-order chi connectivity index (χ0) is 10.4. The Kier molecular flexibility index (Phi) is 5.54. The number of nitrogens with one attached hydrogen (secondary N) is 1. The van der Waals surface area contributed by atoms with E-state index in [9.17, 15) is 0 Å². The Bertz CT molecular complexity index is 136. The third-order valence-electron chi connectivity index (χ3n) is 3.89. The maximum Gasteiger partial charge on any atom is -0.00464 e. The second kappa shape index (κ2) is 6.44. The van der Waals surface area contributed by atoms with Gasteiger partial charge in [-0.3, -0.25) is 0 Å². The van der Waals surface area contributed by atoms with Crippen molar-refractivity contribution in [2.45, 2.75) is 52.9 Å². The second-order valence-corrected chi connectivity index (χ2v) is 5.14. The van der Waals surface area contributed by atoms with Crippen molar-refractivity contribution in [3.8, 4) is 0 Å². The first-order chi connectivity index (χ1) is 6.74. The summed E-state index contributed by atoms with van der Waals surface area (Å²) in [6.07, 6.45) is 7.27. The average molecular weight is 197 g/mol. The van der Waals surface area contributed by atoms with Gasteiger partial charge in [0.05, 0.1) is 0 Å². The Balaban J connectivity index is 2.13. The van der Waals surface area contributed by atoms with Crippen LogP contribution in [0.5, 0.6) is 0 Å². The standard InChI is InChI=1S/C13H27N/c1-4-14-10-9-12(3)13-7-5-11(2)6-8-13/h11-14H,4-10H2,1-3H3. The molecule has 14 heavy (non-hydrogen) atoms. The highest BCUT2D eigenvalue weighted by Gasteiger charge is 2.22. The zero-order valence-corrected chi connectivity index (χ0v) is 10.2. The molecule has 1 atom stereocenters. The SMILES string of the molecule is CCNCCC(C)C1CCC(C)CC1. The molecule has 84 valence electrons. The van der Waals surface area contributed by atoms with E-state index in [1.807, 2.05) is 0 Å². The van der Waals surface area contributed by atoms with Crippen LogP contribution in [0, 0.1) is 17.8 Å². The Morgan fingerprint density at radius 2 is 1.86 bits per heavy atom. The maximum absolute atomic E-state index is 3.43. The summed E-state index contributed by atoms with van der Waals surface area (Å²) in [4.78, 5) is 0. The first-order valence-corrected chi connectivity index (χ1v) is 6.44. The molecule has 0 bridgehead atoms. The summed E-state index contributed by atoms with van der Waals surface area (Å²) < 4.78 is 0. The van der Waals surface area contributed by atoms with Crippen molar-refractivity contribution >= 4 is 0 Å². The molecule has 1 heteroatoms. The van der Waals surface area contributed by atoms with Crippen LogP contribution in [-0.4, -0.2) is 13.1 Å². The van der Waals surface area contributed by atoms with Gasteiger partial charge in [0, 0.05) is 0 Å². The van der Waals surface area contributed by atoms with Crippen molar-refractivity contribution in [2.24, 2.45) is 17.8 Å². The van der Waals surface area contributed by atoms with Crippen LogP contribution in [0.1, 0.15) is 52.9 Å². The van der Waals surface area contributed by atoms with Gasteiger partial charge in [0.1, 0.15) is 0 Å². The van der Waals surface area contributed by atoms with Crippen molar-refractivity contribution in [3.63, 3.8) is 0 Å². The highest BCUT2D eigenvalue weighted by molar-refractivity contribution is 4.74. The molecule has 1 rings (SSSR count). The van der Waals surface area contributed by atoms with Gasteiger partial charge < -0.3 is 5.32 Å². The van der Waals surface area contributed by atoms with E-state index in [1.165, 1.54) is 38.6 Å². The predicted molar refractivity (Wildman–Crippen MR) is 63.4 cm³/mol. The van der Waals surface area contributed by atoms with Crippen LogP contribution < -0.4 is 5.32 Å². The van der Waals surface area contributed by atoms with Gasteiger partial charge in [0.2, 0.25) is 0 Å². The molecule has 1 nitrogen and oxygen atoms in total. The van der Waals surface area contributed by atoms with E-state index in [1.54, 1.807) is 0 Å². The number of hydrogen-bond donors (Lipinski definition) is 1. The van der Waals surface area contributed by atoms with Crippen LogP contribution in [-0.2, 0) is 0 Å². The molecule has 1 saturated carbocycles. The minimum atomic E-state index is 0.932. The molecule has 1 aliphatic rings. The summed E-state index contributed by atoms with van der Waals surface area (Å²) in [7, 11) is 0. The van der Waals surface area contributed by atoms with Gasteiger partial charge in [0.15, 0.2) is 0 Å². The van der Waals surface area contributed by atoms with E-state index in [2.05, 4.69) is 26.1 Å². The molecule has 1 unspecified atom stereocenters. The third kappa shape index (κ3) is 4.00. The Labute approximate surface area is 89.7 Å². The summed E-state index contributed by atoms with van der Waals surface area (Å²) in [6.45, 7) is 9.36. The molecular formula is C13H27N. The van der Waals surface area contributed by atoms with Gasteiger partial charge >= 0.3 is 0 Å². The van der Waals surface area contributed by atoms with Crippen molar-refractivity contribution < 1.29 is 0 Å². The molecular weight excluding hydrogens is 170 g/mol. The molecule has 1 N–H and O–H groups in total. The fourth-order valence-corrected chi connectivity index (χ4v) is 2.60. The largest absolute Gasteiger partial charge is 0.317 e. The highest BCUT2D eigenvalue weighted by atomic mass is 14.8. The molecule has 1 fully saturated rings. The molecule has 0 saturated heterocycles. The normalized spacial score (nSPS) is 30.2. The maximum atomic E-state index is 3.43. The van der Waals surface area contributed by atoms with Gasteiger partial charge in [-0.2, -0.15) is 0 Å². The lowest BCUT2D eigenvalue weighted by Gasteiger charge is -2.30. The molecule has 1 aliphatic carbocycles. The summed E-state index contributed by atoms with van der Waals surface area (Å²) >= 11 is 0. The quantitative estimate of drug-likeness (QED) is 0.666. The van der Waals surface area contributed by atoms with Crippen LogP contribution in [0.15, 0.2) is 0 Å². The Morgan fingerprint density at radius 3 is 2.43 bits per heavy atom. The molecule has 0 aliphatic heterocycles. The molecule has 0 spiro atoms. The minimum absolute atomic E-state index is 0.932. The lowest BCUT2D eigenvalue weighted by molar-refractivity contribution is 0.215. The monoisotopic (exact) mass is 197 g/mol. The fraction of sp³-hybridized carbons (Fsp3) is 1.00. The molecule has 0 radical (unpaired) electrons. The fourth-order valence-electron chi connectivity index (χ4n) is 2.60. The summed E-state index contributed by atoms with van der Waals surface area (Å²) in [5.74, 6) is 2.94. The van der Waals surface area contributed by atoms with Gasteiger partial charge in [-0.25, -0.2) is 0 Å². The first-order valence-electron chi connectivity index (χ1n) is 6.44. The highest BCUT2D eigenvalue weighted by Crippen LogP contribution is 2.34. The lowest BCUT2D eigenvalue weighted by Crippen LogP contribution is -2.23. The smallest absolute Gasteiger partial charge is 0.00464 e. The van der Waals surface area contributed by atoms with Crippen LogP contribution in [0.2, 0.25) is 0 Å². The van der Waals surface area contributed by atoms with Crippen molar-refractivity contribution in [2.75, 3.05) is 13.1 Å². The minimum Gasteiger partial charge on any atom is -0.317 e. The molecule has 0 aromatic heterocycles. The first kappa shape index (κ1) is 12.0. The van der Waals surface area contributed by atoms with Gasteiger partial charge in [-0.05, 0) is 50.1 Å². The second-order valence-electron chi connectivity index (χ2n) is 5.14. The van der Waals surface area contributed by atoms with Crippen LogP contribution >= 0.6 is 0 Å². The Morgan fingerprint density at radius 1 is 1.21 bits per heavy atom. The number of rotatable bonds is 5. The van der Waals surface area contributed by atoms with Crippen LogP contribution in [0.3, 0.4) is 0 Å². The van der Waals surface area contributed by atoms with E-state index >= 15 is 0 Å². The predicted octanol–water partition coefficient (Wildman–Crippen LogP) is 3.45.